The maximum Gasteiger partial charge on any atom is 0.410 e. The van der Waals surface area contributed by atoms with E-state index in [1.165, 1.54) is 12.2 Å². The van der Waals surface area contributed by atoms with Crippen molar-refractivity contribution in [1.82, 2.24) is 15.5 Å². The molecular formula is C32H43N3O6. The molecule has 0 saturated heterocycles. The lowest BCUT2D eigenvalue weighted by Gasteiger charge is -2.29. The highest BCUT2D eigenvalue weighted by molar-refractivity contribution is 5.72. The summed E-state index contributed by atoms with van der Waals surface area (Å²) in [4.78, 5) is 39.3. The fourth-order valence-electron chi connectivity index (χ4n) is 4.01. The summed E-state index contributed by atoms with van der Waals surface area (Å²) in [6.45, 7) is 13.4. The molecule has 0 bridgehead atoms. The number of hydrogen-bond donors (Lipinski definition) is 2. The van der Waals surface area contributed by atoms with Gasteiger partial charge in [0.1, 0.15) is 18.8 Å². The Morgan fingerprint density at radius 2 is 1.46 bits per heavy atom. The fraction of sp³-hybridized carbons (Fsp3) is 0.406. The van der Waals surface area contributed by atoms with Crippen molar-refractivity contribution in [3.63, 3.8) is 0 Å². The number of nitrogens with zero attached hydrogens (tertiary/aromatic N) is 1. The Labute approximate surface area is 243 Å². The SMILES string of the molecule is C=CCOC(=O)CNC(CCN(CC(c1ccccc1)c1ccccc1)C(=O)OCC=C)CNC(=O)OC(C)(C)C. The number of ether oxygens (including phenoxy) is 3. The summed E-state index contributed by atoms with van der Waals surface area (Å²) in [6.07, 6.45) is 2.36. The highest BCUT2D eigenvalue weighted by Crippen LogP contribution is 2.26. The third-order valence-corrected chi connectivity index (χ3v) is 5.93. The third-order valence-electron chi connectivity index (χ3n) is 5.93. The molecule has 0 radical (unpaired) electrons. The zero-order chi connectivity index (χ0) is 30.1. The molecule has 0 fully saturated rings. The van der Waals surface area contributed by atoms with Gasteiger partial charge in [0.15, 0.2) is 0 Å². The Hall–Kier alpha value is -4.11. The van der Waals surface area contributed by atoms with Crippen LogP contribution in [0.3, 0.4) is 0 Å². The topological polar surface area (TPSA) is 106 Å². The van der Waals surface area contributed by atoms with Gasteiger partial charge in [0.2, 0.25) is 0 Å². The van der Waals surface area contributed by atoms with Gasteiger partial charge in [0.25, 0.3) is 0 Å². The molecule has 9 nitrogen and oxygen atoms in total. The van der Waals surface area contributed by atoms with Gasteiger partial charge in [-0.3, -0.25) is 4.79 Å². The Bertz CT molecular complexity index is 1060. The number of nitrogens with one attached hydrogen (secondary N) is 2. The third kappa shape index (κ3) is 13.2. The number of amides is 2. The number of alkyl carbamates (subject to hydrolysis) is 1. The van der Waals surface area contributed by atoms with Crippen LogP contribution in [0.5, 0.6) is 0 Å². The van der Waals surface area contributed by atoms with Crippen molar-refractivity contribution in [2.45, 2.75) is 44.8 Å². The summed E-state index contributed by atoms with van der Waals surface area (Å²) in [7, 11) is 0. The van der Waals surface area contributed by atoms with Crippen LogP contribution in [-0.2, 0) is 19.0 Å². The van der Waals surface area contributed by atoms with Crippen molar-refractivity contribution in [3.8, 4) is 0 Å². The second-order valence-electron chi connectivity index (χ2n) is 10.4. The minimum absolute atomic E-state index is 0.0771. The van der Waals surface area contributed by atoms with Crippen LogP contribution in [0.1, 0.15) is 44.2 Å². The molecule has 41 heavy (non-hydrogen) atoms. The molecule has 0 heterocycles. The molecule has 2 rings (SSSR count). The van der Waals surface area contributed by atoms with Crippen molar-refractivity contribution >= 4 is 18.2 Å². The van der Waals surface area contributed by atoms with Crippen LogP contribution in [-0.4, -0.2) is 74.1 Å². The van der Waals surface area contributed by atoms with Crippen molar-refractivity contribution in [3.05, 3.63) is 97.1 Å². The van der Waals surface area contributed by atoms with E-state index in [0.29, 0.717) is 19.5 Å². The van der Waals surface area contributed by atoms with Crippen molar-refractivity contribution in [2.24, 2.45) is 0 Å². The minimum atomic E-state index is -0.656. The lowest BCUT2D eigenvalue weighted by atomic mass is 9.91. The van der Waals surface area contributed by atoms with E-state index in [9.17, 15) is 14.4 Å². The van der Waals surface area contributed by atoms with Crippen LogP contribution in [0, 0.1) is 0 Å². The van der Waals surface area contributed by atoms with Gasteiger partial charge < -0.3 is 29.7 Å². The first-order valence-electron chi connectivity index (χ1n) is 13.7. The molecule has 2 aromatic carbocycles. The maximum absolute atomic E-state index is 13.2. The van der Waals surface area contributed by atoms with Crippen LogP contribution in [0.25, 0.3) is 0 Å². The first kappa shape index (κ1) is 33.1. The van der Waals surface area contributed by atoms with Gasteiger partial charge in [0, 0.05) is 31.6 Å². The van der Waals surface area contributed by atoms with Gasteiger partial charge in [-0.1, -0.05) is 86.0 Å². The lowest BCUT2D eigenvalue weighted by molar-refractivity contribution is -0.141. The quantitative estimate of drug-likeness (QED) is 0.167. The predicted molar refractivity (Wildman–Crippen MR) is 160 cm³/mol. The highest BCUT2D eigenvalue weighted by Gasteiger charge is 2.25. The summed E-state index contributed by atoms with van der Waals surface area (Å²) in [6, 6.07) is 19.6. The monoisotopic (exact) mass is 565 g/mol. The molecule has 222 valence electrons. The maximum atomic E-state index is 13.2. The summed E-state index contributed by atoms with van der Waals surface area (Å²) < 4.78 is 15.8. The number of rotatable bonds is 16. The average Bonchev–Trinajstić information content (AvgIpc) is 2.95. The van der Waals surface area contributed by atoms with Gasteiger partial charge in [-0.05, 0) is 38.3 Å². The molecule has 0 aromatic heterocycles. The Balaban J connectivity index is 2.22. The van der Waals surface area contributed by atoms with E-state index >= 15 is 0 Å². The summed E-state index contributed by atoms with van der Waals surface area (Å²) in [5.74, 6) is -0.559. The van der Waals surface area contributed by atoms with Crippen LogP contribution in [0.15, 0.2) is 86.0 Å². The predicted octanol–water partition coefficient (Wildman–Crippen LogP) is 5.05. The fourth-order valence-corrected chi connectivity index (χ4v) is 4.01. The molecule has 1 atom stereocenters. The Morgan fingerprint density at radius 3 is 2.00 bits per heavy atom. The Kier molecular flexibility index (Phi) is 14.2. The number of benzene rings is 2. The molecule has 0 saturated carbocycles. The van der Waals surface area contributed by atoms with Gasteiger partial charge in [0.05, 0.1) is 6.54 Å². The van der Waals surface area contributed by atoms with Crippen molar-refractivity contribution in [2.75, 3.05) is 39.4 Å². The molecule has 9 heteroatoms. The van der Waals surface area contributed by atoms with Gasteiger partial charge in [-0.15, -0.1) is 0 Å². The van der Waals surface area contributed by atoms with Gasteiger partial charge in [-0.2, -0.15) is 0 Å². The molecule has 2 aromatic rings. The Morgan fingerprint density at radius 1 is 0.902 bits per heavy atom. The van der Waals surface area contributed by atoms with Crippen LogP contribution >= 0.6 is 0 Å². The molecule has 0 aliphatic rings. The van der Waals surface area contributed by atoms with Gasteiger partial charge >= 0.3 is 18.2 Å². The minimum Gasteiger partial charge on any atom is -0.461 e. The van der Waals surface area contributed by atoms with Gasteiger partial charge in [-0.25, -0.2) is 9.59 Å². The van der Waals surface area contributed by atoms with E-state index in [2.05, 4.69) is 23.8 Å². The van der Waals surface area contributed by atoms with E-state index in [1.807, 2.05) is 60.7 Å². The van der Waals surface area contributed by atoms with E-state index in [0.717, 1.165) is 11.1 Å². The second-order valence-corrected chi connectivity index (χ2v) is 10.4. The van der Waals surface area contributed by atoms with Crippen LogP contribution in [0.2, 0.25) is 0 Å². The van der Waals surface area contributed by atoms with Crippen molar-refractivity contribution in [1.29, 1.82) is 0 Å². The largest absolute Gasteiger partial charge is 0.461 e. The summed E-state index contributed by atoms with van der Waals surface area (Å²) in [5.41, 5.74) is 1.47. The second kappa shape index (κ2) is 17.6. The number of carbonyl (C=O) groups excluding carboxylic acids is 3. The zero-order valence-electron chi connectivity index (χ0n) is 24.3. The van der Waals surface area contributed by atoms with E-state index in [4.69, 9.17) is 14.2 Å². The number of esters is 1. The molecule has 1 unspecified atom stereocenters. The molecular weight excluding hydrogens is 522 g/mol. The molecule has 0 aliphatic carbocycles. The highest BCUT2D eigenvalue weighted by atomic mass is 16.6. The first-order chi connectivity index (χ1) is 19.6. The molecule has 0 aliphatic heterocycles. The lowest BCUT2D eigenvalue weighted by Crippen LogP contribution is -2.47. The number of hydrogen-bond acceptors (Lipinski definition) is 7. The van der Waals surface area contributed by atoms with Crippen LogP contribution in [0.4, 0.5) is 9.59 Å². The standard InChI is InChI=1S/C32H43N3O6/c1-6-20-39-29(36)23-33-27(22-34-30(37)41-32(3,4)5)18-19-35(31(38)40-21-7-2)24-28(25-14-10-8-11-15-25)26-16-12-9-13-17-26/h6-17,27-28,33H,1-2,18-24H2,3-5H3,(H,34,37). The van der Waals surface area contributed by atoms with Crippen LogP contribution < -0.4 is 10.6 Å². The molecule has 2 N–H and O–H groups in total. The van der Waals surface area contributed by atoms with E-state index in [-0.39, 0.29) is 38.3 Å². The summed E-state index contributed by atoms with van der Waals surface area (Å²) in [5, 5.41) is 5.87. The normalized spacial score (nSPS) is 11.7. The van der Waals surface area contributed by atoms with Crippen molar-refractivity contribution < 1.29 is 28.6 Å². The number of carbonyl (C=O) groups is 3. The molecule has 2 amide bonds. The van der Waals surface area contributed by atoms with E-state index in [1.54, 1.807) is 25.7 Å². The van der Waals surface area contributed by atoms with E-state index < -0.39 is 23.8 Å². The first-order valence-corrected chi connectivity index (χ1v) is 13.7. The molecule has 0 spiro atoms. The average molecular weight is 566 g/mol. The summed E-state index contributed by atoms with van der Waals surface area (Å²) >= 11 is 0. The smallest absolute Gasteiger partial charge is 0.410 e. The zero-order valence-corrected chi connectivity index (χ0v) is 24.3.